The number of ether oxygens (including phenoxy) is 1. The summed E-state index contributed by atoms with van der Waals surface area (Å²) in [5, 5.41) is 4.27. The standard InChI is InChI=1S/C15H26N2O2S/c1-5-7-8-11(6-2)9-17-15-13(19-4)12(16)14(20-15)10(3)18/h11,17H,5-9,16H2,1-4H3. The van der Waals surface area contributed by atoms with E-state index in [-0.39, 0.29) is 5.78 Å². The topological polar surface area (TPSA) is 64.4 Å². The lowest BCUT2D eigenvalue weighted by Gasteiger charge is -2.15. The van der Waals surface area contributed by atoms with E-state index in [1.54, 1.807) is 7.11 Å². The van der Waals surface area contributed by atoms with Crippen LogP contribution in [0, 0.1) is 5.92 Å². The Bertz CT molecular complexity index is 443. The van der Waals surface area contributed by atoms with Crippen LogP contribution < -0.4 is 15.8 Å². The molecule has 0 spiro atoms. The van der Waals surface area contributed by atoms with Crippen molar-refractivity contribution < 1.29 is 9.53 Å². The number of hydrogen-bond donors (Lipinski definition) is 2. The van der Waals surface area contributed by atoms with E-state index in [1.807, 2.05) is 0 Å². The van der Waals surface area contributed by atoms with Gasteiger partial charge in [-0.05, 0) is 12.3 Å². The monoisotopic (exact) mass is 298 g/mol. The molecule has 0 aliphatic heterocycles. The number of ketones is 1. The maximum absolute atomic E-state index is 11.5. The molecular formula is C15H26N2O2S. The van der Waals surface area contributed by atoms with Crippen LogP contribution in [-0.4, -0.2) is 19.4 Å². The van der Waals surface area contributed by atoms with E-state index in [1.165, 1.54) is 37.5 Å². The first-order valence-electron chi connectivity index (χ1n) is 7.26. The summed E-state index contributed by atoms with van der Waals surface area (Å²) in [6.07, 6.45) is 4.85. The summed E-state index contributed by atoms with van der Waals surface area (Å²) in [5.41, 5.74) is 6.41. The molecule has 20 heavy (non-hydrogen) atoms. The smallest absolute Gasteiger partial charge is 0.176 e. The van der Waals surface area contributed by atoms with E-state index in [9.17, 15) is 4.79 Å². The average Bonchev–Trinajstić information content (AvgIpc) is 2.75. The van der Waals surface area contributed by atoms with Crippen LogP contribution in [-0.2, 0) is 0 Å². The molecule has 1 aromatic heterocycles. The summed E-state index contributed by atoms with van der Waals surface area (Å²) in [6, 6.07) is 0. The highest BCUT2D eigenvalue weighted by atomic mass is 32.1. The number of carbonyl (C=O) groups is 1. The van der Waals surface area contributed by atoms with Crippen LogP contribution in [0.15, 0.2) is 0 Å². The molecule has 0 amide bonds. The van der Waals surface area contributed by atoms with Gasteiger partial charge in [-0.3, -0.25) is 4.79 Å². The Kier molecular flexibility index (Phi) is 6.85. The van der Waals surface area contributed by atoms with Gasteiger partial charge in [0.25, 0.3) is 0 Å². The average molecular weight is 298 g/mol. The van der Waals surface area contributed by atoms with Crippen molar-refractivity contribution in [2.75, 3.05) is 24.7 Å². The fourth-order valence-electron chi connectivity index (χ4n) is 2.19. The SMILES string of the molecule is CCCCC(CC)CNc1sc(C(C)=O)c(N)c1OC. The minimum atomic E-state index is -0.0168. The third-order valence-corrected chi connectivity index (χ3v) is 4.76. The molecule has 0 saturated heterocycles. The zero-order valence-corrected chi connectivity index (χ0v) is 13.7. The zero-order valence-electron chi connectivity index (χ0n) is 12.9. The molecule has 0 aliphatic rings. The zero-order chi connectivity index (χ0) is 15.1. The molecule has 1 heterocycles. The first kappa shape index (κ1) is 16.8. The van der Waals surface area contributed by atoms with Gasteiger partial charge >= 0.3 is 0 Å². The number of rotatable bonds is 9. The molecule has 5 heteroatoms. The second-order valence-electron chi connectivity index (χ2n) is 5.06. The minimum absolute atomic E-state index is 0.0168. The van der Waals surface area contributed by atoms with Gasteiger partial charge in [-0.2, -0.15) is 0 Å². The minimum Gasteiger partial charge on any atom is -0.492 e. The fourth-order valence-corrected chi connectivity index (χ4v) is 3.18. The van der Waals surface area contributed by atoms with Crippen molar-refractivity contribution in [3.05, 3.63) is 4.88 Å². The highest BCUT2D eigenvalue weighted by molar-refractivity contribution is 7.19. The Balaban J connectivity index is 2.76. The Labute approximate surface area is 125 Å². The Morgan fingerprint density at radius 2 is 2.15 bits per heavy atom. The van der Waals surface area contributed by atoms with Crippen molar-refractivity contribution in [3.63, 3.8) is 0 Å². The van der Waals surface area contributed by atoms with Gasteiger partial charge in [0.15, 0.2) is 11.5 Å². The van der Waals surface area contributed by atoms with Gasteiger partial charge in [-0.25, -0.2) is 0 Å². The first-order chi connectivity index (χ1) is 9.54. The van der Waals surface area contributed by atoms with Gasteiger partial charge in [-0.1, -0.05) is 33.1 Å². The molecule has 0 radical (unpaired) electrons. The van der Waals surface area contributed by atoms with Gasteiger partial charge in [0, 0.05) is 13.5 Å². The summed E-state index contributed by atoms with van der Waals surface area (Å²) >= 11 is 1.38. The van der Waals surface area contributed by atoms with Gasteiger partial charge in [-0.15, -0.1) is 11.3 Å². The van der Waals surface area contributed by atoms with Crippen molar-refractivity contribution in [2.24, 2.45) is 5.92 Å². The fraction of sp³-hybridized carbons (Fsp3) is 0.667. The quantitative estimate of drug-likeness (QED) is 0.672. The molecule has 1 atom stereocenters. The highest BCUT2D eigenvalue weighted by Gasteiger charge is 2.19. The highest BCUT2D eigenvalue weighted by Crippen LogP contribution is 2.42. The third kappa shape index (κ3) is 4.13. The molecule has 0 saturated carbocycles. The number of hydrogen-bond acceptors (Lipinski definition) is 5. The largest absolute Gasteiger partial charge is 0.492 e. The number of thiophene rings is 1. The van der Waals surface area contributed by atoms with Crippen LogP contribution in [0.3, 0.4) is 0 Å². The molecule has 3 N–H and O–H groups in total. The Morgan fingerprint density at radius 1 is 1.45 bits per heavy atom. The van der Waals surface area contributed by atoms with Crippen LogP contribution in [0.4, 0.5) is 10.7 Å². The van der Waals surface area contributed by atoms with Gasteiger partial charge in [0.2, 0.25) is 0 Å². The van der Waals surface area contributed by atoms with Gasteiger partial charge < -0.3 is 15.8 Å². The van der Waals surface area contributed by atoms with E-state index < -0.39 is 0 Å². The second-order valence-corrected chi connectivity index (χ2v) is 6.08. The van der Waals surface area contributed by atoms with Crippen LogP contribution in [0.1, 0.15) is 56.1 Å². The van der Waals surface area contributed by atoms with Crippen molar-refractivity contribution in [1.82, 2.24) is 0 Å². The number of nitrogens with one attached hydrogen (secondary N) is 1. The van der Waals surface area contributed by atoms with Gasteiger partial charge in [0.1, 0.15) is 5.00 Å². The number of methoxy groups -OCH3 is 1. The summed E-state index contributed by atoms with van der Waals surface area (Å²) in [5.74, 6) is 1.23. The van der Waals surface area contributed by atoms with Crippen LogP contribution >= 0.6 is 11.3 Å². The maximum atomic E-state index is 11.5. The summed E-state index contributed by atoms with van der Waals surface area (Å²) < 4.78 is 5.32. The molecule has 0 aromatic carbocycles. The van der Waals surface area contributed by atoms with Crippen molar-refractivity contribution in [1.29, 1.82) is 0 Å². The molecule has 1 unspecified atom stereocenters. The lowest BCUT2D eigenvalue weighted by Crippen LogP contribution is -2.13. The van der Waals surface area contributed by atoms with E-state index >= 15 is 0 Å². The van der Waals surface area contributed by atoms with Crippen molar-refractivity contribution in [2.45, 2.75) is 46.5 Å². The summed E-state index contributed by atoms with van der Waals surface area (Å²) in [4.78, 5) is 12.1. The van der Waals surface area contributed by atoms with Crippen LogP contribution in [0.2, 0.25) is 0 Å². The lowest BCUT2D eigenvalue weighted by molar-refractivity contribution is 0.102. The van der Waals surface area contributed by atoms with E-state index in [2.05, 4.69) is 19.2 Å². The second kappa shape index (κ2) is 8.15. The van der Waals surface area contributed by atoms with Crippen LogP contribution in [0.5, 0.6) is 5.75 Å². The van der Waals surface area contributed by atoms with Crippen LogP contribution in [0.25, 0.3) is 0 Å². The molecular weight excluding hydrogens is 272 g/mol. The predicted octanol–water partition coefficient (Wildman–Crippen LogP) is 4.17. The molecule has 1 aromatic rings. The van der Waals surface area contributed by atoms with E-state index in [0.717, 1.165) is 18.0 Å². The molecule has 4 nitrogen and oxygen atoms in total. The van der Waals surface area contributed by atoms with E-state index in [0.29, 0.717) is 22.2 Å². The first-order valence-corrected chi connectivity index (χ1v) is 8.07. The Morgan fingerprint density at radius 3 is 2.65 bits per heavy atom. The molecule has 0 aliphatic carbocycles. The van der Waals surface area contributed by atoms with Crippen molar-refractivity contribution in [3.8, 4) is 5.75 Å². The lowest BCUT2D eigenvalue weighted by atomic mass is 9.99. The number of nitrogens with two attached hydrogens (primary N) is 1. The number of Topliss-reactive ketones (excluding diaryl/α,β-unsaturated/α-hetero) is 1. The molecule has 114 valence electrons. The normalized spacial score (nSPS) is 12.2. The summed E-state index contributed by atoms with van der Waals surface area (Å²) in [6.45, 7) is 6.84. The number of carbonyl (C=O) groups excluding carboxylic acids is 1. The number of nitrogen functional groups attached to an aromatic ring is 1. The number of anilines is 2. The number of unbranched alkanes of at least 4 members (excludes halogenated alkanes) is 1. The van der Waals surface area contributed by atoms with Crippen molar-refractivity contribution >= 4 is 27.8 Å². The predicted molar refractivity (Wildman–Crippen MR) is 87.1 cm³/mol. The maximum Gasteiger partial charge on any atom is 0.176 e. The molecule has 0 bridgehead atoms. The third-order valence-electron chi connectivity index (χ3n) is 3.52. The Hall–Kier alpha value is -1.23. The van der Waals surface area contributed by atoms with E-state index in [4.69, 9.17) is 10.5 Å². The molecule has 1 rings (SSSR count). The summed E-state index contributed by atoms with van der Waals surface area (Å²) in [7, 11) is 1.59. The van der Waals surface area contributed by atoms with Gasteiger partial charge in [0.05, 0.1) is 17.7 Å². The molecule has 0 fully saturated rings.